The summed E-state index contributed by atoms with van der Waals surface area (Å²) in [5.74, 6) is 7.62. The van der Waals surface area contributed by atoms with Crippen LogP contribution in [0.15, 0.2) is 12.2 Å². The van der Waals surface area contributed by atoms with E-state index in [0.29, 0.717) is 17.6 Å². The quantitative estimate of drug-likeness (QED) is 0.408. The summed E-state index contributed by atoms with van der Waals surface area (Å²) in [6, 6.07) is 0. The fourth-order valence-electron chi connectivity index (χ4n) is 4.50. The third-order valence-corrected chi connectivity index (χ3v) is 5.39. The summed E-state index contributed by atoms with van der Waals surface area (Å²) in [4.78, 5) is 10.3. The molecule has 0 spiro atoms. The predicted molar refractivity (Wildman–Crippen MR) is 74.9 cm³/mol. The van der Waals surface area contributed by atoms with Crippen molar-refractivity contribution in [3.63, 3.8) is 0 Å². The molecule has 0 aromatic carbocycles. The minimum absolute atomic E-state index is 0.442. The average Bonchev–Trinajstić information content (AvgIpc) is 2.68. The van der Waals surface area contributed by atoms with E-state index in [-0.39, 0.29) is 0 Å². The van der Waals surface area contributed by atoms with Gasteiger partial charge in [0.25, 0.3) is 0 Å². The highest BCUT2D eigenvalue weighted by molar-refractivity contribution is 5.72. The number of allylic oxidation sites excluding steroid dienone is 1. The minimum atomic E-state index is 0.442. The molecule has 0 amide bonds. The Balaban J connectivity index is 2.10. The van der Waals surface area contributed by atoms with E-state index < -0.39 is 0 Å². The Kier molecular flexibility index (Phi) is 3.95. The zero-order valence-electron chi connectivity index (χ0n) is 11.7. The highest BCUT2D eigenvalue weighted by Crippen LogP contribution is 2.59. The fourth-order valence-corrected chi connectivity index (χ4v) is 4.50. The number of fused-ring (bicyclic) bond motifs is 1. The van der Waals surface area contributed by atoms with Gasteiger partial charge in [-0.2, -0.15) is 0 Å². The standard InChI is InChI=1S/C17H24O/c1-13(7-4-5-12-18)15-9-10-16-14(2)8-6-11-17(15,16)3/h12-13,15-16H,2,6-11H2,1,3H3/t13-,15+,16-,17+/m0/s1. The van der Waals surface area contributed by atoms with Crippen LogP contribution in [0.25, 0.3) is 0 Å². The number of hydrogen-bond donors (Lipinski definition) is 0. The molecular formula is C17H24O. The lowest BCUT2D eigenvalue weighted by atomic mass is 9.61. The average molecular weight is 244 g/mol. The van der Waals surface area contributed by atoms with E-state index in [2.05, 4.69) is 32.3 Å². The van der Waals surface area contributed by atoms with Crippen molar-refractivity contribution in [1.82, 2.24) is 0 Å². The third-order valence-electron chi connectivity index (χ3n) is 5.39. The maximum atomic E-state index is 10.3. The van der Waals surface area contributed by atoms with E-state index >= 15 is 0 Å². The largest absolute Gasteiger partial charge is 0.289 e. The van der Waals surface area contributed by atoms with Gasteiger partial charge in [-0.05, 0) is 61.2 Å². The molecule has 2 saturated carbocycles. The molecule has 0 aromatic rings. The van der Waals surface area contributed by atoms with Gasteiger partial charge in [-0.3, -0.25) is 4.79 Å². The Bertz CT molecular complexity index is 398. The van der Waals surface area contributed by atoms with Crippen molar-refractivity contribution >= 4 is 6.29 Å². The van der Waals surface area contributed by atoms with Gasteiger partial charge in [-0.15, -0.1) is 0 Å². The van der Waals surface area contributed by atoms with Gasteiger partial charge >= 0.3 is 0 Å². The number of rotatable bonds is 2. The van der Waals surface area contributed by atoms with Crippen molar-refractivity contribution in [3.05, 3.63) is 12.2 Å². The monoisotopic (exact) mass is 244 g/mol. The SMILES string of the molecule is C=C1CCC[C@]2(C)[C@@H]([C@@H](C)CC#CC=O)CC[C@@H]12. The molecule has 0 aliphatic heterocycles. The Labute approximate surface area is 111 Å². The molecule has 0 unspecified atom stereocenters. The van der Waals surface area contributed by atoms with Crippen LogP contribution in [0.1, 0.15) is 52.4 Å². The molecule has 1 nitrogen and oxygen atoms in total. The highest BCUT2D eigenvalue weighted by Gasteiger charge is 2.50. The van der Waals surface area contributed by atoms with Crippen molar-refractivity contribution in [2.24, 2.45) is 23.2 Å². The van der Waals surface area contributed by atoms with Crippen LogP contribution in [0.4, 0.5) is 0 Å². The maximum Gasteiger partial charge on any atom is 0.192 e. The van der Waals surface area contributed by atoms with E-state index in [0.717, 1.165) is 18.3 Å². The van der Waals surface area contributed by atoms with Crippen LogP contribution in [0.2, 0.25) is 0 Å². The second kappa shape index (κ2) is 5.31. The molecule has 4 atom stereocenters. The van der Waals surface area contributed by atoms with E-state index in [1.165, 1.54) is 37.7 Å². The smallest absolute Gasteiger partial charge is 0.192 e. The molecule has 2 aliphatic rings. The highest BCUT2D eigenvalue weighted by atomic mass is 16.1. The van der Waals surface area contributed by atoms with Gasteiger partial charge in [0.2, 0.25) is 0 Å². The summed E-state index contributed by atoms with van der Waals surface area (Å²) >= 11 is 0. The first-order chi connectivity index (χ1) is 8.59. The van der Waals surface area contributed by atoms with Gasteiger partial charge in [0, 0.05) is 6.42 Å². The molecule has 1 heteroatoms. The van der Waals surface area contributed by atoms with Gasteiger partial charge in [0.1, 0.15) is 0 Å². The lowest BCUT2D eigenvalue weighted by Crippen LogP contribution is -2.35. The third kappa shape index (κ3) is 2.26. The van der Waals surface area contributed by atoms with Gasteiger partial charge in [0.15, 0.2) is 6.29 Å². The molecule has 18 heavy (non-hydrogen) atoms. The Morgan fingerprint density at radius 1 is 1.56 bits per heavy atom. The molecule has 0 aromatic heterocycles. The normalized spacial score (nSPS) is 36.4. The van der Waals surface area contributed by atoms with Crippen LogP contribution < -0.4 is 0 Å². The summed E-state index contributed by atoms with van der Waals surface area (Å²) in [6.07, 6.45) is 8.05. The number of carbonyl (C=O) groups excluding carboxylic acids is 1. The number of aldehydes is 1. The molecule has 98 valence electrons. The zero-order valence-corrected chi connectivity index (χ0v) is 11.7. The van der Waals surface area contributed by atoms with Crippen molar-refractivity contribution in [3.8, 4) is 11.8 Å². The minimum Gasteiger partial charge on any atom is -0.289 e. The molecule has 0 heterocycles. The molecule has 0 bridgehead atoms. The van der Waals surface area contributed by atoms with E-state index in [1.54, 1.807) is 0 Å². The van der Waals surface area contributed by atoms with Crippen LogP contribution >= 0.6 is 0 Å². The zero-order chi connectivity index (χ0) is 13.2. The van der Waals surface area contributed by atoms with E-state index in [9.17, 15) is 4.79 Å². The Morgan fingerprint density at radius 2 is 2.33 bits per heavy atom. The van der Waals surface area contributed by atoms with Crippen molar-refractivity contribution in [2.75, 3.05) is 0 Å². The molecule has 2 rings (SSSR count). The molecule has 0 radical (unpaired) electrons. The molecule has 2 aliphatic carbocycles. The first kappa shape index (κ1) is 13.4. The number of hydrogen-bond acceptors (Lipinski definition) is 1. The lowest BCUT2D eigenvalue weighted by Gasteiger charge is -2.43. The summed E-state index contributed by atoms with van der Waals surface area (Å²) in [7, 11) is 0. The van der Waals surface area contributed by atoms with Gasteiger partial charge in [-0.25, -0.2) is 0 Å². The second-order valence-corrected chi connectivity index (χ2v) is 6.37. The van der Waals surface area contributed by atoms with Crippen molar-refractivity contribution in [1.29, 1.82) is 0 Å². The number of carbonyl (C=O) groups is 1. The summed E-state index contributed by atoms with van der Waals surface area (Å²) in [6.45, 7) is 9.06. The molecule has 2 fully saturated rings. The summed E-state index contributed by atoms with van der Waals surface area (Å²) < 4.78 is 0. The van der Waals surface area contributed by atoms with E-state index in [1.807, 2.05) is 0 Å². The van der Waals surface area contributed by atoms with E-state index in [4.69, 9.17) is 0 Å². The Morgan fingerprint density at radius 3 is 3.06 bits per heavy atom. The second-order valence-electron chi connectivity index (χ2n) is 6.37. The van der Waals surface area contributed by atoms with Crippen LogP contribution in [-0.2, 0) is 4.79 Å². The predicted octanol–water partition coefficient (Wildman–Crippen LogP) is 3.99. The summed E-state index contributed by atoms with van der Waals surface area (Å²) in [5.41, 5.74) is 1.93. The van der Waals surface area contributed by atoms with Crippen molar-refractivity contribution < 1.29 is 4.79 Å². The maximum absolute atomic E-state index is 10.3. The van der Waals surface area contributed by atoms with Crippen LogP contribution in [-0.4, -0.2) is 6.29 Å². The Hall–Kier alpha value is -1.03. The lowest BCUT2D eigenvalue weighted by molar-refractivity contribution is -0.103. The molecular weight excluding hydrogens is 220 g/mol. The van der Waals surface area contributed by atoms with Crippen LogP contribution in [0, 0.1) is 35.0 Å². The first-order valence-corrected chi connectivity index (χ1v) is 7.19. The summed E-state index contributed by atoms with van der Waals surface area (Å²) in [5, 5.41) is 0. The molecule has 0 N–H and O–H groups in total. The molecule has 0 saturated heterocycles. The fraction of sp³-hybridized carbons (Fsp3) is 0.706. The van der Waals surface area contributed by atoms with Crippen LogP contribution in [0.5, 0.6) is 0 Å². The topological polar surface area (TPSA) is 17.1 Å². The van der Waals surface area contributed by atoms with Gasteiger partial charge in [-0.1, -0.05) is 31.9 Å². The van der Waals surface area contributed by atoms with Gasteiger partial charge < -0.3 is 0 Å². The van der Waals surface area contributed by atoms with Crippen LogP contribution in [0.3, 0.4) is 0 Å². The first-order valence-electron chi connectivity index (χ1n) is 7.19. The van der Waals surface area contributed by atoms with Gasteiger partial charge in [0.05, 0.1) is 0 Å². The van der Waals surface area contributed by atoms with Crippen molar-refractivity contribution in [2.45, 2.75) is 52.4 Å².